The van der Waals surface area contributed by atoms with Crippen LogP contribution in [-0.4, -0.2) is 42.4 Å². The number of thiophene rings is 1. The van der Waals surface area contributed by atoms with E-state index in [-0.39, 0.29) is 24.0 Å². The van der Waals surface area contributed by atoms with Crippen LogP contribution in [0.2, 0.25) is 0 Å². The molecule has 1 fully saturated rings. The van der Waals surface area contributed by atoms with Crippen molar-refractivity contribution in [2.75, 3.05) is 20.3 Å². The van der Waals surface area contributed by atoms with Gasteiger partial charge in [-0.25, -0.2) is 4.98 Å². The second kappa shape index (κ2) is 7.13. The Kier molecular flexibility index (Phi) is 4.69. The molecule has 4 rings (SSSR count). The zero-order valence-electron chi connectivity index (χ0n) is 14.3. The first kappa shape index (κ1) is 17.1. The lowest BCUT2D eigenvalue weighted by molar-refractivity contribution is 0.0234. The summed E-state index contributed by atoms with van der Waals surface area (Å²) >= 11 is 1.31. The van der Waals surface area contributed by atoms with Crippen LogP contribution < -0.4 is 19.5 Å². The molecular weight excluding hydrogens is 356 g/mol. The molecule has 2 aliphatic rings. The molecule has 0 saturated heterocycles. The van der Waals surface area contributed by atoms with Gasteiger partial charge in [0, 0.05) is 17.6 Å². The Morgan fingerprint density at radius 3 is 2.88 bits per heavy atom. The number of ether oxygens (including phenoxy) is 3. The Hall–Kier alpha value is -2.32. The minimum absolute atomic E-state index is 0.164. The number of aliphatic hydroxyl groups is 1. The lowest BCUT2D eigenvalue weighted by Crippen LogP contribution is -2.41. The van der Waals surface area contributed by atoms with Gasteiger partial charge in [0.25, 0.3) is 5.91 Å². The zero-order chi connectivity index (χ0) is 18.1. The van der Waals surface area contributed by atoms with E-state index < -0.39 is 0 Å². The Morgan fingerprint density at radius 1 is 1.38 bits per heavy atom. The molecule has 3 heterocycles. The quantitative estimate of drug-likeness (QED) is 0.831. The van der Waals surface area contributed by atoms with Crippen LogP contribution in [0.4, 0.5) is 0 Å². The third-order valence-electron chi connectivity index (χ3n) is 4.74. The lowest BCUT2D eigenvalue weighted by Gasteiger charge is -2.38. The molecule has 7 nitrogen and oxygen atoms in total. The number of carbonyl (C=O) groups is 1. The number of carbonyl (C=O) groups excluding carboxylic acids is 1. The monoisotopic (exact) mass is 376 g/mol. The summed E-state index contributed by atoms with van der Waals surface area (Å²) in [5.74, 6) is 1.61. The van der Waals surface area contributed by atoms with Gasteiger partial charge >= 0.3 is 0 Å². The maximum atomic E-state index is 12.9. The predicted octanol–water partition coefficient (Wildman–Crippen LogP) is 2.16. The summed E-state index contributed by atoms with van der Waals surface area (Å²) in [5.41, 5.74) is 0.888. The number of nitrogens with zero attached hydrogens (tertiary/aromatic N) is 1. The van der Waals surface area contributed by atoms with Crippen molar-refractivity contribution in [3.05, 3.63) is 34.2 Å². The third kappa shape index (κ3) is 3.22. The first-order valence-corrected chi connectivity index (χ1v) is 9.39. The Labute approximate surface area is 154 Å². The van der Waals surface area contributed by atoms with Gasteiger partial charge in [-0.15, -0.1) is 11.3 Å². The minimum Gasteiger partial charge on any atom is -0.485 e. The largest absolute Gasteiger partial charge is 0.485 e. The highest BCUT2D eigenvalue weighted by Gasteiger charge is 2.37. The van der Waals surface area contributed by atoms with Crippen LogP contribution in [0.3, 0.4) is 0 Å². The van der Waals surface area contributed by atoms with Gasteiger partial charge in [-0.2, -0.15) is 0 Å². The molecule has 0 spiro atoms. The maximum absolute atomic E-state index is 12.9. The topological polar surface area (TPSA) is 89.9 Å². The van der Waals surface area contributed by atoms with E-state index in [4.69, 9.17) is 14.2 Å². The van der Waals surface area contributed by atoms with Gasteiger partial charge < -0.3 is 24.6 Å². The van der Waals surface area contributed by atoms with Gasteiger partial charge in [-0.3, -0.25) is 4.79 Å². The number of nitrogens with one attached hydrogen (secondary N) is 1. The highest BCUT2D eigenvalue weighted by Crippen LogP contribution is 2.41. The molecule has 1 aliphatic carbocycles. The van der Waals surface area contributed by atoms with Gasteiger partial charge in [0.1, 0.15) is 18.1 Å². The third-order valence-corrected chi connectivity index (χ3v) is 5.68. The number of aromatic nitrogens is 1. The Balaban J connectivity index is 1.56. The number of pyridine rings is 1. The van der Waals surface area contributed by atoms with Crippen molar-refractivity contribution in [1.29, 1.82) is 0 Å². The molecule has 138 valence electrons. The van der Waals surface area contributed by atoms with Crippen LogP contribution in [0.5, 0.6) is 17.4 Å². The fourth-order valence-corrected chi connectivity index (χ4v) is 4.13. The molecule has 2 N–H and O–H groups in total. The minimum atomic E-state index is -0.308. The molecule has 1 aliphatic heterocycles. The average Bonchev–Trinajstić information content (AvgIpc) is 3.08. The van der Waals surface area contributed by atoms with E-state index in [1.807, 2.05) is 6.07 Å². The summed E-state index contributed by atoms with van der Waals surface area (Å²) in [5, 5.41) is 14.6. The molecule has 2 aromatic heterocycles. The van der Waals surface area contributed by atoms with Gasteiger partial charge in [-0.05, 0) is 24.3 Å². The number of methoxy groups -OCH3 is 1. The zero-order valence-corrected chi connectivity index (χ0v) is 15.1. The molecule has 8 heteroatoms. The van der Waals surface area contributed by atoms with E-state index in [1.165, 1.54) is 11.3 Å². The van der Waals surface area contributed by atoms with E-state index in [9.17, 15) is 9.90 Å². The summed E-state index contributed by atoms with van der Waals surface area (Å²) in [7, 11) is 1.56. The molecule has 0 unspecified atom stereocenters. The molecule has 0 bridgehead atoms. The van der Waals surface area contributed by atoms with Crippen molar-refractivity contribution in [3.63, 3.8) is 0 Å². The summed E-state index contributed by atoms with van der Waals surface area (Å²) in [4.78, 5) is 17.6. The van der Waals surface area contributed by atoms with Crippen LogP contribution in [0.1, 0.15) is 34.1 Å². The van der Waals surface area contributed by atoms with Crippen molar-refractivity contribution < 1.29 is 24.1 Å². The van der Waals surface area contributed by atoms with E-state index in [0.29, 0.717) is 48.3 Å². The summed E-state index contributed by atoms with van der Waals surface area (Å²) in [6.07, 6.45) is 2.70. The van der Waals surface area contributed by atoms with Crippen LogP contribution in [0.25, 0.3) is 0 Å². The standard InChI is InChI=1S/C18H20N2O5S/c1-23-14-3-2-10(8-19-14)15(11-6-12(21)7-11)20-18(22)17-16-13(9-26-17)24-4-5-25-16/h2-3,8-9,11-12,15,21H,4-7H2,1H3,(H,20,22)/t11?,12?,15-/m0/s1. The van der Waals surface area contributed by atoms with Gasteiger partial charge in [-0.1, -0.05) is 6.07 Å². The molecule has 1 amide bonds. The van der Waals surface area contributed by atoms with Crippen molar-refractivity contribution in [1.82, 2.24) is 10.3 Å². The Bertz CT molecular complexity index is 785. The van der Waals surface area contributed by atoms with Crippen molar-refractivity contribution >= 4 is 17.2 Å². The number of fused-ring (bicyclic) bond motifs is 1. The highest BCUT2D eigenvalue weighted by molar-refractivity contribution is 7.12. The van der Waals surface area contributed by atoms with E-state index in [0.717, 1.165) is 5.56 Å². The van der Waals surface area contributed by atoms with Crippen LogP contribution in [0.15, 0.2) is 23.7 Å². The van der Waals surface area contributed by atoms with E-state index >= 15 is 0 Å². The number of amides is 1. The summed E-state index contributed by atoms with van der Waals surface area (Å²) in [6, 6.07) is 3.44. The Morgan fingerprint density at radius 2 is 2.19 bits per heavy atom. The van der Waals surface area contributed by atoms with Gasteiger partial charge in [0.15, 0.2) is 11.5 Å². The SMILES string of the molecule is COc1ccc([C@H](NC(=O)c2scc3c2OCCO3)C2CC(O)C2)cn1. The molecule has 0 radical (unpaired) electrons. The second-order valence-electron chi connectivity index (χ2n) is 6.43. The molecule has 26 heavy (non-hydrogen) atoms. The van der Waals surface area contributed by atoms with Gasteiger partial charge in [0.2, 0.25) is 5.88 Å². The molecule has 2 aromatic rings. The summed E-state index contributed by atoms with van der Waals surface area (Å²) in [6.45, 7) is 0.926. The van der Waals surface area contributed by atoms with Crippen LogP contribution in [-0.2, 0) is 0 Å². The van der Waals surface area contributed by atoms with Crippen LogP contribution >= 0.6 is 11.3 Å². The predicted molar refractivity (Wildman–Crippen MR) is 95.0 cm³/mol. The molecule has 0 aromatic carbocycles. The molecule has 1 atom stereocenters. The number of hydrogen-bond acceptors (Lipinski definition) is 7. The molecular formula is C18H20N2O5S. The fraction of sp³-hybridized carbons (Fsp3) is 0.444. The number of rotatable bonds is 5. The van der Waals surface area contributed by atoms with Crippen molar-refractivity contribution in [2.24, 2.45) is 5.92 Å². The first-order chi connectivity index (χ1) is 12.7. The number of hydrogen-bond donors (Lipinski definition) is 2. The first-order valence-electron chi connectivity index (χ1n) is 8.51. The van der Waals surface area contributed by atoms with Crippen molar-refractivity contribution in [2.45, 2.75) is 25.0 Å². The molecule has 1 saturated carbocycles. The van der Waals surface area contributed by atoms with Crippen LogP contribution in [0, 0.1) is 5.92 Å². The average molecular weight is 376 g/mol. The summed E-state index contributed by atoms with van der Waals surface area (Å²) < 4.78 is 16.2. The smallest absolute Gasteiger partial charge is 0.265 e. The van der Waals surface area contributed by atoms with Crippen molar-refractivity contribution in [3.8, 4) is 17.4 Å². The lowest BCUT2D eigenvalue weighted by atomic mass is 9.75. The van der Waals surface area contributed by atoms with E-state index in [1.54, 1.807) is 24.8 Å². The second-order valence-corrected chi connectivity index (χ2v) is 7.31. The van der Waals surface area contributed by atoms with E-state index in [2.05, 4.69) is 10.3 Å². The normalized spacial score (nSPS) is 22.2. The fourth-order valence-electron chi connectivity index (χ4n) is 3.30. The number of aliphatic hydroxyl groups excluding tert-OH is 1. The maximum Gasteiger partial charge on any atom is 0.265 e. The van der Waals surface area contributed by atoms with Gasteiger partial charge in [0.05, 0.1) is 19.3 Å². The highest BCUT2D eigenvalue weighted by atomic mass is 32.1.